The van der Waals surface area contributed by atoms with Crippen LogP contribution in [-0.2, 0) is 16.6 Å². The predicted molar refractivity (Wildman–Crippen MR) is 84.0 cm³/mol. The van der Waals surface area contributed by atoms with Crippen LogP contribution in [0.15, 0.2) is 45.9 Å². The fourth-order valence-electron chi connectivity index (χ4n) is 1.67. The Bertz CT molecular complexity index is 806. The van der Waals surface area contributed by atoms with Crippen LogP contribution in [0.4, 0.5) is 8.78 Å². The molecule has 0 bridgehead atoms. The summed E-state index contributed by atoms with van der Waals surface area (Å²) in [5.74, 6) is -0.0967. The van der Waals surface area contributed by atoms with E-state index >= 15 is 0 Å². The average molecular weight is 428 g/mol. The van der Waals surface area contributed by atoms with Crippen LogP contribution in [0.2, 0.25) is 5.15 Å². The molecule has 1 N–H and O–H groups in total. The first-order chi connectivity index (χ1) is 10.8. The van der Waals surface area contributed by atoms with E-state index in [1.807, 2.05) is 0 Å². The smallest absolute Gasteiger partial charge is 0.387 e. The normalized spacial score (nSPS) is 11.7. The molecule has 0 spiro atoms. The van der Waals surface area contributed by atoms with Crippen LogP contribution in [0, 0.1) is 0 Å². The first-order valence-corrected chi connectivity index (χ1v) is 8.78. The fourth-order valence-corrected chi connectivity index (χ4v) is 3.25. The molecule has 0 saturated carbocycles. The maximum atomic E-state index is 12.3. The number of sulfonamides is 1. The van der Waals surface area contributed by atoms with E-state index in [4.69, 9.17) is 11.6 Å². The molecule has 5 nitrogen and oxygen atoms in total. The first kappa shape index (κ1) is 18.1. The van der Waals surface area contributed by atoms with E-state index in [1.54, 1.807) is 6.07 Å². The molecule has 10 heteroatoms. The quantitative estimate of drug-likeness (QED) is 0.716. The zero-order chi connectivity index (χ0) is 17.0. The van der Waals surface area contributed by atoms with E-state index in [-0.39, 0.29) is 27.9 Å². The van der Waals surface area contributed by atoms with Crippen molar-refractivity contribution in [2.45, 2.75) is 18.1 Å². The molecule has 0 aliphatic rings. The number of alkyl halides is 2. The van der Waals surface area contributed by atoms with Crippen molar-refractivity contribution in [2.75, 3.05) is 0 Å². The molecule has 0 aliphatic heterocycles. The van der Waals surface area contributed by atoms with Crippen molar-refractivity contribution in [2.24, 2.45) is 0 Å². The fraction of sp³-hybridized carbons (Fsp3) is 0.154. The van der Waals surface area contributed by atoms with Crippen LogP contribution in [0.5, 0.6) is 5.75 Å². The minimum Gasteiger partial charge on any atom is -0.434 e. The topological polar surface area (TPSA) is 68.3 Å². The lowest BCUT2D eigenvalue weighted by molar-refractivity contribution is -0.0504. The van der Waals surface area contributed by atoms with E-state index in [9.17, 15) is 17.2 Å². The maximum Gasteiger partial charge on any atom is 0.387 e. The zero-order valence-electron chi connectivity index (χ0n) is 11.3. The van der Waals surface area contributed by atoms with Crippen LogP contribution < -0.4 is 9.46 Å². The lowest BCUT2D eigenvalue weighted by atomic mass is 10.2. The van der Waals surface area contributed by atoms with Crippen LogP contribution in [0.25, 0.3) is 0 Å². The van der Waals surface area contributed by atoms with Crippen molar-refractivity contribution >= 4 is 37.6 Å². The van der Waals surface area contributed by atoms with Crippen LogP contribution >= 0.6 is 27.5 Å². The van der Waals surface area contributed by atoms with Gasteiger partial charge in [-0.05, 0) is 28.1 Å². The van der Waals surface area contributed by atoms with E-state index < -0.39 is 16.6 Å². The second-order valence-electron chi connectivity index (χ2n) is 4.25. The van der Waals surface area contributed by atoms with E-state index in [0.717, 1.165) is 6.20 Å². The molecule has 1 heterocycles. The van der Waals surface area contributed by atoms with Gasteiger partial charge in [-0.2, -0.15) is 8.78 Å². The highest BCUT2D eigenvalue weighted by molar-refractivity contribution is 9.10. The highest BCUT2D eigenvalue weighted by Gasteiger charge is 2.17. The Morgan fingerprint density at radius 1 is 1.35 bits per heavy atom. The summed E-state index contributed by atoms with van der Waals surface area (Å²) in [5, 5.41) is 0.125. The third-order valence-corrected chi connectivity index (χ3v) is 5.22. The summed E-state index contributed by atoms with van der Waals surface area (Å²) in [6.07, 6.45) is 1.09. The number of hydrogen-bond donors (Lipinski definition) is 1. The minimum atomic E-state index is -3.89. The van der Waals surface area contributed by atoms with Gasteiger partial charge in [-0.3, -0.25) is 0 Å². The molecule has 1 aromatic heterocycles. The van der Waals surface area contributed by atoms with Crippen molar-refractivity contribution in [3.05, 3.63) is 51.7 Å². The number of nitrogens with zero attached hydrogens (tertiary/aromatic N) is 1. The molecular formula is C13H10BrClF2N2O3S. The number of aromatic nitrogens is 1. The summed E-state index contributed by atoms with van der Waals surface area (Å²) in [6.45, 7) is -3.21. The molecule has 0 atom stereocenters. The van der Waals surface area contributed by atoms with Gasteiger partial charge in [-0.1, -0.05) is 29.8 Å². The second kappa shape index (κ2) is 7.52. The van der Waals surface area contributed by atoms with Crippen molar-refractivity contribution in [3.8, 4) is 5.75 Å². The van der Waals surface area contributed by atoms with Gasteiger partial charge >= 0.3 is 6.61 Å². The van der Waals surface area contributed by atoms with E-state index in [0.29, 0.717) is 4.47 Å². The molecule has 2 rings (SSSR count). The number of rotatable bonds is 6. The van der Waals surface area contributed by atoms with Gasteiger partial charge in [-0.15, -0.1) is 0 Å². The van der Waals surface area contributed by atoms with Crippen LogP contribution in [-0.4, -0.2) is 20.0 Å². The Kier molecular flexibility index (Phi) is 5.90. The molecule has 0 fully saturated rings. The third-order valence-electron chi connectivity index (χ3n) is 2.72. The number of nitrogens with one attached hydrogen (secondary N) is 1. The summed E-state index contributed by atoms with van der Waals surface area (Å²) < 4.78 is 56.0. The van der Waals surface area contributed by atoms with Crippen molar-refractivity contribution in [3.63, 3.8) is 0 Å². The predicted octanol–water partition coefficient (Wildman–Crippen LogP) is 3.58. The van der Waals surface area contributed by atoms with Gasteiger partial charge in [0.15, 0.2) is 0 Å². The monoisotopic (exact) mass is 426 g/mol. The summed E-state index contributed by atoms with van der Waals surface area (Å²) >= 11 is 8.80. The molecule has 0 unspecified atom stereocenters. The average Bonchev–Trinajstić information content (AvgIpc) is 2.48. The Hall–Kier alpha value is -1.29. The van der Waals surface area contributed by atoms with Gasteiger partial charge < -0.3 is 4.74 Å². The molecular weight excluding hydrogens is 418 g/mol. The molecule has 2 aromatic rings. The number of pyridine rings is 1. The highest BCUT2D eigenvalue weighted by atomic mass is 79.9. The van der Waals surface area contributed by atoms with E-state index in [2.05, 4.69) is 30.4 Å². The van der Waals surface area contributed by atoms with Gasteiger partial charge in [0.05, 0.1) is 4.47 Å². The van der Waals surface area contributed by atoms with Gasteiger partial charge in [0.2, 0.25) is 10.0 Å². The maximum absolute atomic E-state index is 12.3. The standard InChI is InChI=1S/C13H10BrClF2N2O3S/c14-10-5-9(7-18-12(10)15)23(20,21)19-6-8-3-1-2-4-11(8)22-13(16)17/h1-5,7,13,19H,6H2. The summed E-state index contributed by atoms with van der Waals surface area (Å²) in [7, 11) is -3.89. The molecule has 1 aromatic carbocycles. The Balaban J connectivity index is 2.18. The number of para-hydroxylation sites is 1. The summed E-state index contributed by atoms with van der Waals surface area (Å²) in [4.78, 5) is 3.62. The second-order valence-corrected chi connectivity index (χ2v) is 7.23. The van der Waals surface area contributed by atoms with Gasteiger partial charge in [0.1, 0.15) is 15.8 Å². The largest absolute Gasteiger partial charge is 0.434 e. The molecule has 0 saturated heterocycles. The van der Waals surface area contributed by atoms with Crippen LogP contribution in [0.1, 0.15) is 5.56 Å². The molecule has 23 heavy (non-hydrogen) atoms. The first-order valence-electron chi connectivity index (χ1n) is 6.13. The van der Waals surface area contributed by atoms with Crippen LogP contribution in [0.3, 0.4) is 0 Å². The number of ether oxygens (including phenoxy) is 1. The Morgan fingerprint density at radius 2 is 2.04 bits per heavy atom. The third kappa shape index (κ3) is 4.84. The summed E-state index contributed by atoms with van der Waals surface area (Å²) in [6, 6.07) is 7.20. The lowest BCUT2D eigenvalue weighted by Crippen LogP contribution is -2.24. The zero-order valence-corrected chi connectivity index (χ0v) is 14.5. The van der Waals surface area contributed by atoms with Gasteiger partial charge in [0.25, 0.3) is 0 Å². The Morgan fingerprint density at radius 3 is 2.70 bits per heavy atom. The number of hydrogen-bond acceptors (Lipinski definition) is 4. The van der Waals surface area contributed by atoms with Crippen molar-refractivity contribution in [1.82, 2.24) is 9.71 Å². The lowest BCUT2D eigenvalue weighted by Gasteiger charge is -2.12. The highest BCUT2D eigenvalue weighted by Crippen LogP contribution is 2.24. The van der Waals surface area contributed by atoms with Crippen molar-refractivity contribution in [1.29, 1.82) is 0 Å². The molecule has 0 amide bonds. The van der Waals surface area contributed by atoms with Crippen molar-refractivity contribution < 1.29 is 21.9 Å². The minimum absolute atomic E-state index is 0.0967. The van der Waals surface area contributed by atoms with E-state index in [1.165, 1.54) is 24.3 Å². The molecule has 0 aliphatic carbocycles. The van der Waals surface area contributed by atoms with Gasteiger partial charge in [0, 0.05) is 18.3 Å². The van der Waals surface area contributed by atoms with Gasteiger partial charge in [-0.25, -0.2) is 18.1 Å². The number of halogens is 4. The Labute approximate surface area is 144 Å². The SMILES string of the molecule is O=S(=O)(NCc1ccccc1OC(F)F)c1cnc(Cl)c(Br)c1. The number of benzene rings is 1. The molecule has 0 radical (unpaired) electrons. The summed E-state index contributed by atoms with van der Waals surface area (Å²) in [5.41, 5.74) is 0.275. The molecule has 124 valence electrons.